The molecule has 0 saturated heterocycles. The van der Waals surface area contributed by atoms with Gasteiger partial charge in [0.2, 0.25) is 5.91 Å². The average molecular weight is 382 g/mol. The van der Waals surface area contributed by atoms with Crippen LogP contribution in [0.15, 0.2) is 36.4 Å². The van der Waals surface area contributed by atoms with Crippen LogP contribution in [-0.4, -0.2) is 31.1 Å². The quantitative estimate of drug-likeness (QED) is 0.770. The predicted octanol–water partition coefficient (Wildman–Crippen LogP) is 2.74. The SMILES string of the molecule is COc1ccc([C@@H](C)NC(=O)[C@H]2[C@@H](NC(=O)C(F)(F)F)[C@@H]3C=C[C@H]2C3)cc1. The van der Waals surface area contributed by atoms with Gasteiger partial charge in [-0.3, -0.25) is 9.59 Å². The van der Waals surface area contributed by atoms with E-state index in [1.807, 2.05) is 23.5 Å². The lowest BCUT2D eigenvalue weighted by Gasteiger charge is -2.29. The van der Waals surface area contributed by atoms with Crippen LogP contribution in [0.1, 0.15) is 24.9 Å². The fourth-order valence-electron chi connectivity index (χ4n) is 3.90. The molecular weight excluding hydrogens is 361 g/mol. The number of allylic oxidation sites excluding steroid dienone is 1. The molecule has 27 heavy (non-hydrogen) atoms. The Kier molecular flexibility index (Phi) is 5.17. The van der Waals surface area contributed by atoms with Crippen LogP contribution >= 0.6 is 0 Å². The summed E-state index contributed by atoms with van der Waals surface area (Å²) in [5.74, 6) is -2.82. The zero-order chi connectivity index (χ0) is 19.8. The van der Waals surface area contributed by atoms with Gasteiger partial charge in [-0.15, -0.1) is 0 Å². The van der Waals surface area contributed by atoms with Gasteiger partial charge in [-0.05, 0) is 42.9 Å². The maximum Gasteiger partial charge on any atom is 0.471 e. The molecule has 0 spiro atoms. The summed E-state index contributed by atoms with van der Waals surface area (Å²) in [5, 5.41) is 4.87. The molecule has 1 aromatic carbocycles. The van der Waals surface area contributed by atoms with E-state index in [-0.39, 0.29) is 23.8 Å². The van der Waals surface area contributed by atoms with E-state index < -0.39 is 24.0 Å². The van der Waals surface area contributed by atoms with Crippen LogP contribution in [0, 0.1) is 17.8 Å². The number of hydrogen-bond donors (Lipinski definition) is 2. The number of carbonyl (C=O) groups is 2. The third-order valence-electron chi connectivity index (χ3n) is 5.29. The lowest BCUT2D eigenvalue weighted by molar-refractivity contribution is -0.175. The minimum Gasteiger partial charge on any atom is -0.497 e. The Morgan fingerprint density at radius 1 is 1.15 bits per heavy atom. The van der Waals surface area contributed by atoms with Crippen molar-refractivity contribution in [3.05, 3.63) is 42.0 Å². The molecule has 2 amide bonds. The van der Waals surface area contributed by atoms with E-state index in [9.17, 15) is 22.8 Å². The smallest absolute Gasteiger partial charge is 0.471 e. The number of rotatable bonds is 5. The van der Waals surface area contributed by atoms with Gasteiger partial charge in [0, 0.05) is 6.04 Å². The van der Waals surface area contributed by atoms with Gasteiger partial charge in [-0.1, -0.05) is 24.3 Å². The molecule has 1 aromatic rings. The first-order chi connectivity index (χ1) is 12.7. The van der Waals surface area contributed by atoms with Crippen LogP contribution in [-0.2, 0) is 9.59 Å². The second kappa shape index (κ2) is 7.25. The van der Waals surface area contributed by atoms with Crippen molar-refractivity contribution in [3.63, 3.8) is 0 Å². The number of benzene rings is 1. The maximum absolute atomic E-state index is 12.8. The van der Waals surface area contributed by atoms with Crippen LogP contribution in [0.25, 0.3) is 0 Å². The number of methoxy groups -OCH3 is 1. The van der Waals surface area contributed by atoms with Crippen molar-refractivity contribution >= 4 is 11.8 Å². The molecule has 5 atom stereocenters. The Labute approximate surface area is 155 Å². The topological polar surface area (TPSA) is 67.4 Å². The van der Waals surface area contributed by atoms with E-state index in [2.05, 4.69) is 5.32 Å². The summed E-state index contributed by atoms with van der Waals surface area (Å²) in [5.41, 5.74) is 0.846. The summed E-state index contributed by atoms with van der Waals surface area (Å²) >= 11 is 0. The highest BCUT2D eigenvalue weighted by Crippen LogP contribution is 2.44. The summed E-state index contributed by atoms with van der Waals surface area (Å²) < 4.78 is 43.0. The minimum atomic E-state index is -4.97. The molecule has 1 saturated carbocycles. The van der Waals surface area contributed by atoms with E-state index >= 15 is 0 Å². The Balaban J connectivity index is 1.70. The standard InChI is InChI=1S/C19H21F3N2O3/c1-10(11-5-7-14(27-2)8-6-11)23-17(25)15-12-3-4-13(9-12)16(15)24-18(26)19(20,21)22/h3-8,10,12-13,15-16H,9H2,1-2H3,(H,23,25)(H,24,26)/t10-,12+,13-,15-,16+/m1/s1. The molecule has 0 unspecified atom stereocenters. The number of halogens is 3. The molecular formula is C19H21F3N2O3. The molecule has 2 N–H and O–H groups in total. The van der Waals surface area contributed by atoms with Crippen molar-refractivity contribution in [2.24, 2.45) is 17.8 Å². The molecule has 2 aliphatic carbocycles. The fourth-order valence-corrected chi connectivity index (χ4v) is 3.90. The molecule has 5 nitrogen and oxygen atoms in total. The van der Waals surface area contributed by atoms with Crippen molar-refractivity contribution in [2.45, 2.75) is 31.6 Å². The van der Waals surface area contributed by atoms with E-state index in [1.165, 1.54) is 0 Å². The van der Waals surface area contributed by atoms with Gasteiger partial charge in [-0.2, -0.15) is 13.2 Å². The van der Waals surface area contributed by atoms with Crippen LogP contribution in [0.2, 0.25) is 0 Å². The number of amides is 2. The second-order valence-electron chi connectivity index (χ2n) is 6.97. The largest absolute Gasteiger partial charge is 0.497 e. The number of hydrogen-bond acceptors (Lipinski definition) is 3. The van der Waals surface area contributed by atoms with Gasteiger partial charge >= 0.3 is 12.1 Å². The normalized spacial score (nSPS) is 27.3. The molecule has 0 aliphatic heterocycles. The highest BCUT2D eigenvalue weighted by Gasteiger charge is 2.51. The highest BCUT2D eigenvalue weighted by atomic mass is 19.4. The van der Waals surface area contributed by atoms with Crippen molar-refractivity contribution in [1.29, 1.82) is 0 Å². The first-order valence-corrected chi connectivity index (χ1v) is 8.71. The van der Waals surface area contributed by atoms with Crippen molar-refractivity contribution < 1.29 is 27.5 Å². The van der Waals surface area contributed by atoms with E-state index in [0.29, 0.717) is 12.2 Å². The Morgan fingerprint density at radius 2 is 1.78 bits per heavy atom. The molecule has 146 valence electrons. The Bertz CT molecular complexity index is 746. The first kappa shape index (κ1) is 19.3. The summed E-state index contributed by atoms with van der Waals surface area (Å²) in [4.78, 5) is 24.1. The summed E-state index contributed by atoms with van der Waals surface area (Å²) in [6, 6.07) is 5.98. The monoisotopic (exact) mass is 382 g/mol. The molecule has 8 heteroatoms. The highest BCUT2D eigenvalue weighted by molar-refractivity contribution is 5.85. The molecule has 1 fully saturated rings. The van der Waals surface area contributed by atoms with Gasteiger partial charge in [0.15, 0.2) is 0 Å². The third kappa shape index (κ3) is 3.94. The van der Waals surface area contributed by atoms with Gasteiger partial charge in [0.1, 0.15) is 5.75 Å². The van der Waals surface area contributed by atoms with E-state index in [4.69, 9.17) is 4.74 Å². The van der Waals surface area contributed by atoms with Crippen LogP contribution in [0.5, 0.6) is 5.75 Å². The van der Waals surface area contributed by atoms with Crippen molar-refractivity contribution in [2.75, 3.05) is 7.11 Å². The van der Waals surface area contributed by atoms with Gasteiger partial charge in [0.25, 0.3) is 0 Å². The molecule has 3 rings (SSSR count). The Morgan fingerprint density at radius 3 is 2.37 bits per heavy atom. The van der Waals surface area contributed by atoms with Crippen LogP contribution < -0.4 is 15.4 Å². The molecule has 2 aliphatic rings. The summed E-state index contributed by atoms with van der Waals surface area (Å²) in [6.07, 6.45) is -0.771. The zero-order valence-corrected chi connectivity index (χ0v) is 14.9. The van der Waals surface area contributed by atoms with Crippen LogP contribution in [0.4, 0.5) is 13.2 Å². The third-order valence-corrected chi connectivity index (χ3v) is 5.29. The summed E-state index contributed by atoms with van der Waals surface area (Å²) in [7, 11) is 1.55. The zero-order valence-electron chi connectivity index (χ0n) is 14.9. The molecule has 0 heterocycles. The fraction of sp³-hybridized carbons (Fsp3) is 0.474. The van der Waals surface area contributed by atoms with Gasteiger partial charge in [0.05, 0.1) is 19.1 Å². The average Bonchev–Trinajstić information content (AvgIpc) is 3.22. The Hall–Kier alpha value is -2.51. The van der Waals surface area contributed by atoms with Gasteiger partial charge in [-0.25, -0.2) is 0 Å². The summed E-state index contributed by atoms with van der Waals surface area (Å²) in [6.45, 7) is 1.80. The number of nitrogens with one attached hydrogen (secondary N) is 2. The lowest BCUT2D eigenvalue weighted by atomic mass is 9.87. The van der Waals surface area contributed by atoms with Crippen molar-refractivity contribution in [3.8, 4) is 5.75 Å². The number of alkyl halides is 3. The van der Waals surface area contributed by atoms with Crippen molar-refractivity contribution in [1.82, 2.24) is 10.6 Å². The van der Waals surface area contributed by atoms with Gasteiger partial charge < -0.3 is 15.4 Å². The predicted molar refractivity (Wildman–Crippen MR) is 91.8 cm³/mol. The first-order valence-electron chi connectivity index (χ1n) is 8.71. The van der Waals surface area contributed by atoms with E-state index in [1.54, 1.807) is 32.2 Å². The minimum absolute atomic E-state index is 0.170. The lowest BCUT2D eigenvalue weighted by Crippen LogP contribution is -2.52. The molecule has 0 aromatic heterocycles. The van der Waals surface area contributed by atoms with E-state index in [0.717, 1.165) is 5.56 Å². The molecule has 0 radical (unpaired) electrons. The number of fused-ring (bicyclic) bond motifs is 2. The number of carbonyl (C=O) groups excluding carboxylic acids is 2. The van der Waals surface area contributed by atoms with Crippen LogP contribution in [0.3, 0.4) is 0 Å². The number of ether oxygens (including phenoxy) is 1. The maximum atomic E-state index is 12.8. The second-order valence-corrected chi connectivity index (χ2v) is 6.97. The molecule has 2 bridgehead atoms.